The first kappa shape index (κ1) is 10.5. The number of halogens is 1. The number of aromatic nitrogens is 1. The summed E-state index contributed by atoms with van der Waals surface area (Å²) in [5, 5.41) is 0. The molecule has 72 valence electrons. The Morgan fingerprint density at radius 3 is 3.00 bits per heavy atom. The smallest absolute Gasteiger partial charge is 0.227 e. The van der Waals surface area contributed by atoms with Crippen molar-refractivity contribution < 1.29 is 4.74 Å². The summed E-state index contributed by atoms with van der Waals surface area (Å²) in [4.78, 5) is 4.11. The molecular weight excluding hydrogens is 230 g/mol. The molecule has 1 aromatic rings. The number of hydrogen-bond donors (Lipinski definition) is 0. The normalized spacial score (nSPS) is 10.0. The van der Waals surface area contributed by atoms with Crippen molar-refractivity contribution >= 4 is 15.9 Å². The van der Waals surface area contributed by atoms with Gasteiger partial charge in [-0.1, -0.05) is 19.8 Å². The number of rotatable bonds is 5. The minimum atomic E-state index is 0.693. The van der Waals surface area contributed by atoms with Gasteiger partial charge in [0.15, 0.2) is 0 Å². The Balaban J connectivity index is 2.32. The highest BCUT2D eigenvalue weighted by Crippen LogP contribution is 2.20. The maximum Gasteiger partial charge on any atom is 0.227 e. The van der Waals surface area contributed by atoms with Crippen LogP contribution in [0.4, 0.5) is 0 Å². The molecule has 0 aliphatic rings. The van der Waals surface area contributed by atoms with E-state index in [0.29, 0.717) is 5.88 Å². The molecule has 0 fully saturated rings. The van der Waals surface area contributed by atoms with Crippen molar-refractivity contribution in [3.05, 3.63) is 22.8 Å². The number of hydrogen-bond acceptors (Lipinski definition) is 2. The van der Waals surface area contributed by atoms with Crippen molar-refractivity contribution in [1.82, 2.24) is 4.98 Å². The SMILES string of the molecule is CCCCCOc1ncccc1Br. The van der Waals surface area contributed by atoms with Crippen LogP contribution in [-0.2, 0) is 0 Å². The third-order valence-electron chi connectivity index (χ3n) is 1.71. The molecule has 1 heterocycles. The van der Waals surface area contributed by atoms with Gasteiger partial charge < -0.3 is 4.74 Å². The van der Waals surface area contributed by atoms with E-state index in [1.165, 1.54) is 12.8 Å². The molecule has 3 heteroatoms. The second kappa shape index (κ2) is 5.97. The average molecular weight is 244 g/mol. The first-order valence-corrected chi connectivity index (χ1v) is 5.37. The Labute approximate surface area is 87.5 Å². The van der Waals surface area contributed by atoms with Crippen LogP contribution >= 0.6 is 15.9 Å². The molecule has 0 spiro atoms. The molecule has 0 unspecified atom stereocenters. The van der Waals surface area contributed by atoms with Crippen LogP contribution in [0.25, 0.3) is 0 Å². The van der Waals surface area contributed by atoms with Crippen LogP contribution in [0.5, 0.6) is 5.88 Å². The fourth-order valence-electron chi connectivity index (χ4n) is 0.998. The monoisotopic (exact) mass is 243 g/mol. The zero-order chi connectivity index (χ0) is 9.52. The number of pyridine rings is 1. The molecule has 0 saturated heterocycles. The Morgan fingerprint density at radius 2 is 2.31 bits per heavy atom. The van der Waals surface area contributed by atoms with E-state index in [0.717, 1.165) is 17.5 Å². The lowest BCUT2D eigenvalue weighted by Crippen LogP contribution is -1.99. The van der Waals surface area contributed by atoms with E-state index in [4.69, 9.17) is 4.74 Å². The van der Waals surface area contributed by atoms with Gasteiger partial charge in [-0.3, -0.25) is 0 Å². The standard InChI is InChI=1S/C10H14BrNO/c1-2-3-4-8-13-10-9(11)6-5-7-12-10/h5-7H,2-4,8H2,1H3. The van der Waals surface area contributed by atoms with Gasteiger partial charge in [0, 0.05) is 6.20 Å². The molecule has 1 rings (SSSR count). The molecule has 2 nitrogen and oxygen atoms in total. The third-order valence-corrected chi connectivity index (χ3v) is 2.31. The van der Waals surface area contributed by atoms with Crippen LogP contribution in [-0.4, -0.2) is 11.6 Å². The summed E-state index contributed by atoms with van der Waals surface area (Å²) in [5.74, 6) is 0.693. The van der Waals surface area contributed by atoms with Crippen molar-refractivity contribution in [2.45, 2.75) is 26.2 Å². The Kier molecular flexibility index (Phi) is 4.83. The number of nitrogens with zero attached hydrogens (tertiary/aromatic N) is 1. The number of ether oxygens (including phenoxy) is 1. The molecule has 0 saturated carbocycles. The van der Waals surface area contributed by atoms with Crippen LogP contribution < -0.4 is 4.74 Å². The van der Waals surface area contributed by atoms with Gasteiger partial charge in [0.05, 0.1) is 11.1 Å². The predicted octanol–water partition coefficient (Wildman–Crippen LogP) is 3.41. The van der Waals surface area contributed by atoms with Crippen LogP contribution in [0.15, 0.2) is 22.8 Å². The fourth-order valence-corrected chi connectivity index (χ4v) is 1.37. The first-order valence-electron chi connectivity index (χ1n) is 4.58. The maximum atomic E-state index is 5.48. The lowest BCUT2D eigenvalue weighted by molar-refractivity contribution is 0.293. The third kappa shape index (κ3) is 3.77. The second-order valence-corrected chi connectivity index (χ2v) is 3.70. The Hall–Kier alpha value is -0.570. The van der Waals surface area contributed by atoms with Crippen molar-refractivity contribution in [2.75, 3.05) is 6.61 Å². The molecule has 13 heavy (non-hydrogen) atoms. The van der Waals surface area contributed by atoms with Crippen LogP contribution in [0, 0.1) is 0 Å². The van der Waals surface area contributed by atoms with Crippen molar-refractivity contribution in [3.8, 4) is 5.88 Å². The molecule has 1 aromatic heterocycles. The molecule has 0 radical (unpaired) electrons. The summed E-state index contributed by atoms with van der Waals surface area (Å²) < 4.78 is 6.40. The van der Waals surface area contributed by atoms with Gasteiger partial charge in [0.2, 0.25) is 5.88 Å². The summed E-state index contributed by atoms with van der Waals surface area (Å²) in [6.07, 6.45) is 5.26. The average Bonchev–Trinajstić information content (AvgIpc) is 2.15. The van der Waals surface area contributed by atoms with E-state index in [-0.39, 0.29) is 0 Å². The molecule has 0 bridgehead atoms. The molecule has 0 aromatic carbocycles. The predicted molar refractivity (Wildman–Crippen MR) is 57.0 cm³/mol. The zero-order valence-electron chi connectivity index (χ0n) is 7.79. The quantitative estimate of drug-likeness (QED) is 0.740. The highest BCUT2D eigenvalue weighted by atomic mass is 79.9. The van der Waals surface area contributed by atoms with E-state index in [1.807, 2.05) is 12.1 Å². The molecule has 0 aliphatic heterocycles. The molecule has 0 amide bonds. The van der Waals surface area contributed by atoms with Crippen LogP contribution in [0.1, 0.15) is 26.2 Å². The molecule has 0 atom stereocenters. The van der Waals surface area contributed by atoms with E-state index in [9.17, 15) is 0 Å². The van der Waals surface area contributed by atoms with Crippen molar-refractivity contribution in [3.63, 3.8) is 0 Å². The van der Waals surface area contributed by atoms with Crippen LogP contribution in [0.2, 0.25) is 0 Å². The highest BCUT2D eigenvalue weighted by molar-refractivity contribution is 9.10. The first-order chi connectivity index (χ1) is 6.34. The molecule has 0 aliphatic carbocycles. The summed E-state index contributed by atoms with van der Waals surface area (Å²) >= 11 is 3.38. The van der Waals surface area contributed by atoms with Gasteiger partial charge in [-0.25, -0.2) is 4.98 Å². The molecule has 0 N–H and O–H groups in total. The Bertz CT molecular complexity index is 252. The Morgan fingerprint density at radius 1 is 1.46 bits per heavy atom. The summed E-state index contributed by atoms with van der Waals surface area (Å²) in [7, 11) is 0. The summed E-state index contributed by atoms with van der Waals surface area (Å²) in [6.45, 7) is 2.93. The van der Waals surface area contributed by atoms with Gasteiger partial charge >= 0.3 is 0 Å². The minimum Gasteiger partial charge on any atom is -0.477 e. The van der Waals surface area contributed by atoms with Crippen LogP contribution in [0.3, 0.4) is 0 Å². The fraction of sp³-hybridized carbons (Fsp3) is 0.500. The minimum absolute atomic E-state index is 0.693. The highest BCUT2D eigenvalue weighted by Gasteiger charge is 1.99. The van der Waals surface area contributed by atoms with Crippen molar-refractivity contribution in [1.29, 1.82) is 0 Å². The second-order valence-electron chi connectivity index (χ2n) is 2.85. The van der Waals surface area contributed by atoms with Crippen molar-refractivity contribution in [2.24, 2.45) is 0 Å². The van der Waals surface area contributed by atoms with Gasteiger partial charge in [-0.15, -0.1) is 0 Å². The van der Waals surface area contributed by atoms with Gasteiger partial charge in [-0.05, 0) is 34.5 Å². The lowest BCUT2D eigenvalue weighted by atomic mass is 10.3. The van der Waals surface area contributed by atoms with Gasteiger partial charge in [0.1, 0.15) is 0 Å². The molecular formula is C10H14BrNO. The number of unbranched alkanes of at least 4 members (excludes halogenated alkanes) is 2. The van der Waals surface area contributed by atoms with Gasteiger partial charge in [0.25, 0.3) is 0 Å². The van der Waals surface area contributed by atoms with E-state index in [1.54, 1.807) is 6.20 Å². The maximum absolute atomic E-state index is 5.48. The summed E-state index contributed by atoms with van der Waals surface area (Å²) in [6, 6.07) is 3.81. The lowest BCUT2D eigenvalue weighted by Gasteiger charge is -2.05. The van der Waals surface area contributed by atoms with E-state index >= 15 is 0 Å². The topological polar surface area (TPSA) is 22.1 Å². The largest absolute Gasteiger partial charge is 0.477 e. The zero-order valence-corrected chi connectivity index (χ0v) is 9.38. The summed E-state index contributed by atoms with van der Waals surface area (Å²) in [5.41, 5.74) is 0. The van der Waals surface area contributed by atoms with E-state index < -0.39 is 0 Å². The van der Waals surface area contributed by atoms with E-state index in [2.05, 4.69) is 27.8 Å². The van der Waals surface area contributed by atoms with Gasteiger partial charge in [-0.2, -0.15) is 0 Å².